The first-order chi connectivity index (χ1) is 9.07. The number of piperidine rings is 1. The van der Waals surface area contributed by atoms with E-state index in [0.717, 1.165) is 0 Å². The van der Waals surface area contributed by atoms with Crippen molar-refractivity contribution in [1.29, 1.82) is 0 Å². The highest BCUT2D eigenvalue weighted by Gasteiger charge is 2.30. The van der Waals surface area contributed by atoms with Gasteiger partial charge < -0.3 is 4.57 Å². The van der Waals surface area contributed by atoms with E-state index in [1.54, 1.807) is 4.57 Å². The van der Waals surface area contributed by atoms with Crippen LogP contribution in [0, 0.1) is 0 Å². The summed E-state index contributed by atoms with van der Waals surface area (Å²) in [5, 5.41) is 0.0756. The van der Waals surface area contributed by atoms with E-state index in [2.05, 4.69) is 9.98 Å². The van der Waals surface area contributed by atoms with E-state index in [4.69, 9.17) is 0 Å². The lowest BCUT2D eigenvalue weighted by Crippen LogP contribution is -2.39. The quantitative estimate of drug-likeness (QED) is 0.591. The van der Waals surface area contributed by atoms with Gasteiger partial charge in [-0.25, -0.2) is 23.2 Å². The fourth-order valence-corrected chi connectivity index (χ4v) is 3.47. The number of nitrogens with zero attached hydrogens (tertiary/aromatic N) is 4. The molecule has 19 heavy (non-hydrogen) atoms. The Morgan fingerprint density at radius 2 is 2.16 bits per heavy atom. The largest absolute Gasteiger partial charge is 0.336 e. The fraction of sp³-hybridized carbons (Fsp3) is 0.636. The molecule has 0 unspecified atom stereocenters. The van der Waals surface area contributed by atoms with E-state index in [9.17, 15) is 13.2 Å². The zero-order valence-electron chi connectivity index (χ0n) is 10.7. The number of aryl methyl sites for hydroxylation is 1. The summed E-state index contributed by atoms with van der Waals surface area (Å²) in [5.41, 5.74) is 0. The number of sulfonamides is 1. The van der Waals surface area contributed by atoms with Crippen LogP contribution in [0.15, 0.2) is 22.5 Å². The number of aliphatic imine (C=N–C) groups is 1. The second-order valence-corrected chi connectivity index (χ2v) is 6.28. The first kappa shape index (κ1) is 13.9. The topological polar surface area (TPSA) is 84.6 Å². The van der Waals surface area contributed by atoms with Crippen molar-refractivity contribution in [2.45, 2.75) is 37.4 Å². The Hall–Kier alpha value is -1.50. The molecule has 1 aliphatic rings. The third-order valence-corrected chi connectivity index (χ3v) is 5.02. The van der Waals surface area contributed by atoms with E-state index < -0.39 is 10.0 Å². The molecule has 1 fully saturated rings. The van der Waals surface area contributed by atoms with Gasteiger partial charge in [-0.3, -0.25) is 0 Å². The fourth-order valence-electron chi connectivity index (χ4n) is 2.06. The monoisotopic (exact) mass is 284 g/mol. The van der Waals surface area contributed by atoms with E-state index in [1.807, 2.05) is 6.92 Å². The molecule has 1 aromatic rings. The van der Waals surface area contributed by atoms with Gasteiger partial charge in [-0.2, -0.15) is 4.31 Å². The van der Waals surface area contributed by atoms with Gasteiger partial charge in [0.05, 0.1) is 12.4 Å². The van der Waals surface area contributed by atoms with Gasteiger partial charge in [-0.05, 0) is 19.8 Å². The number of hydrogen-bond acceptors (Lipinski definition) is 5. The van der Waals surface area contributed by atoms with Gasteiger partial charge in [-0.1, -0.05) is 0 Å². The van der Waals surface area contributed by atoms with Crippen LogP contribution in [-0.4, -0.2) is 47.5 Å². The maximum atomic E-state index is 12.3. The summed E-state index contributed by atoms with van der Waals surface area (Å²) in [6, 6.07) is -0.114. The van der Waals surface area contributed by atoms with Crippen molar-refractivity contribution >= 4 is 16.1 Å². The molecule has 0 bridgehead atoms. The zero-order valence-corrected chi connectivity index (χ0v) is 11.5. The van der Waals surface area contributed by atoms with Crippen molar-refractivity contribution in [2.75, 3.05) is 13.1 Å². The van der Waals surface area contributed by atoms with Crippen molar-refractivity contribution in [1.82, 2.24) is 13.9 Å². The molecular weight excluding hydrogens is 268 g/mol. The number of isocyanates is 1. The molecule has 0 aliphatic carbocycles. The van der Waals surface area contributed by atoms with Gasteiger partial charge in [0.15, 0.2) is 5.03 Å². The molecule has 1 saturated heterocycles. The van der Waals surface area contributed by atoms with Gasteiger partial charge in [0.25, 0.3) is 10.0 Å². The number of imidazole rings is 1. The molecule has 0 radical (unpaired) electrons. The summed E-state index contributed by atoms with van der Waals surface area (Å²) < 4.78 is 27.8. The second-order valence-electron chi connectivity index (χ2n) is 4.40. The third kappa shape index (κ3) is 2.91. The van der Waals surface area contributed by atoms with E-state index in [1.165, 1.54) is 22.9 Å². The maximum absolute atomic E-state index is 12.3. The van der Waals surface area contributed by atoms with Crippen LogP contribution >= 0.6 is 0 Å². The molecule has 0 saturated carbocycles. The summed E-state index contributed by atoms with van der Waals surface area (Å²) >= 11 is 0. The number of aromatic nitrogens is 2. The Morgan fingerprint density at radius 3 is 2.68 bits per heavy atom. The Morgan fingerprint density at radius 1 is 1.47 bits per heavy atom. The zero-order chi connectivity index (χ0) is 13.9. The molecule has 0 spiro atoms. The van der Waals surface area contributed by atoms with Crippen LogP contribution in [0.25, 0.3) is 0 Å². The number of rotatable bonds is 4. The summed E-state index contributed by atoms with van der Waals surface area (Å²) in [6.07, 6.45) is 5.66. The summed E-state index contributed by atoms with van der Waals surface area (Å²) in [4.78, 5) is 17.8. The highest BCUT2D eigenvalue weighted by molar-refractivity contribution is 7.89. The van der Waals surface area contributed by atoms with Crippen LogP contribution in [0.3, 0.4) is 0 Å². The third-order valence-electron chi connectivity index (χ3n) is 3.24. The first-order valence-electron chi connectivity index (χ1n) is 6.17. The van der Waals surface area contributed by atoms with Crippen LogP contribution in [0.4, 0.5) is 0 Å². The molecule has 0 aromatic carbocycles. The summed E-state index contributed by atoms with van der Waals surface area (Å²) in [6.45, 7) is 3.31. The minimum atomic E-state index is -3.53. The van der Waals surface area contributed by atoms with E-state index in [-0.39, 0.29) is 11.1 Å². The Labute approximate surface area is 112 Å². The number of carbonyl (C=O) groups excluding carboxylic acids is 1. The molecule has 2 heterocycles. The lowest BCUT2D eigenvalue weighted by Gasteiger charge is -2.27. The van der Waals surface area contributed by atoms with Gasteiger partial charge in [-0.15, -0.1) is 0 Å². The SMILES string of the molecule is CCn1cnc(S(=O)(=O)N2CCC(N=C=O)CC2)c1. The predicted octanol–water partition coefficient (Wildman–Crippen LogP) is 0.392. The average molecular weight is 284 g/mol. The van der Waals surface area contributed by atoms with Crippen molar-refractivity contribution in [3.63, 3.8) is 0 Å². The minimum absolute atomic E-state index is 0.0756. The smallest absolute Gasteiger partial charge is 0.262 e. The Balaban J connectivity index is 2.11. The lowest BCUT2D eigenvalue weighted by atomic mass is 10.1. The van der Waals surface area contributed by atoms with E-state index in [0.29, 0.717) is 32.5 Å². The lowest BCUT2D eigenvalue weighted by molar-refractivity contribution is 0.319. The molecule has 0 atom stereocenters. The van der Waals surface area contributed by atoms with Gasteiger partial charge in [0.1, 0.15) is 0 Å². The van der Waals surface area contributed by atoms with Crippen molar-refractivity contribution < 1.29 is 13.2 Å². The first-order valence-corrected chi connectivity index (χ1v) is 7.61. The normalized spacial score (nSPS) is 18.2. The number of hydrogen-bond donors (Lipinski definition) is 0. The molecule has 104 valence electrons. The maximum Gasteiger partial charge on any atom is 0.262 e. The predicted molar refractivity (Wildman–Crippen MR) is 67.8 cm³/mol. The van der Waals surface area contributed by atoms with Crippen LogP contribution < -0.4 is 0 Å². The average Bonchev–Trinajstić information content (AvgIpc) is 2.89. The van der Waals surface area contributed by atoms with Gasteiger partial charge >= 0.3 is 0 Å². The molecule has 8 heteroatoms. The van der Waals surface area contributed by atoms with Crippen LogP contribution in [0.5, 0.6) is 0 Å². The highest BCUT2D eigenvalue weighted by atomic mass is 32.2. The Kier molecular flexibility index (Phi) is 4.14. The Bertz CT molecular complexity index is 581. The molecule has 0 N–H and O–H groups in total. The molecule has 7 nitrogen and oxygen atoms in total. The molecular formula is C11H16N4O3S. The summed E-state index contributed by atoms with van der Waals surface area (Å²) in [7, 11) is -3.53. The molecule has 2 rings (SSSR count). The summed E-state index contributed by atoms with van der Waals surface area (Å²) in [5.74, 6) is 0. The molecule has 1 aliphatic heterocycles. The second kappa shape index (κ2) is 5.64. The van der Waals surface area contributed by atoms with Crippen LogP contribution in [0.2, 0.25) is 0 Å². The standard InChI is InChI=1S/C11H16N4O3S/c1-2-14-7-11(12-8-14)19(17,18)15-5-3-10(4-6-15)13-9-16/h7-8,10H,2-6H2,1H3. The van der Waals surface area contributed by atoms with Gasteiger partial charge in [0, 0.05) is 25.8 Å². The minimum Gasteiger partial charge on any atom is -0.336 e. The molecule has 0 amide bonds. The van der Waals surface area contributed by atoms with Gasteiger partial charge in [0.2, 0.25) is 6.08 Å². The van der Waals surface area contributed by atoms with Crippen LogP contribution in [-0.2, 0) is 21.4 Å². The van der Waals surface area contributed by atoms with E-state index >= 15 is 0 Å². The molecule has 1 aromatic heterocycles. The van der Waals surface area contributed by atoms with Crippen LogP contribution in [0.1, 0.15) is 19.8 Å². The highest BCUT2D eigenvalue weighted by Crippen LogP contribution is 2.20. The van der Waals surface area contributed by atoms with Crippen molar-refractivity contribution in [3.05, 3.63) is 12.5 Å². The van der Waals surface area contributed by atoms with Crippen molar-refractivity contribution in [2.24, 2.45) is 4.99 Å². The van der Waals surface area contributed by atoms with Crippen molar-refractivity contribution in [3.8, 4) is 0 Å².